The Morgan fingerprint density at radius 2 is 1.91 bits per heavy atom. The van der Waals surface area contributed by atoms with Gasteiger partial charge in [0, 0.05) is 13.1 Å². The summed E-state index contributed by atoms with van der Waals surface area (Å²) in [6.45, 7) is 4.45. The minimum atomic E-state index is -0.665. The Morgan fingerprint density at radius 3 is 2.50 bits per heavy atom. The first-order valence-electron chi connectivity index (χ1n) is 8.49. The van der Waals surface area contributed by atoms with Crippen LogP contribution in [-0.2, 0) is 9.59 Å². The molecule has 1 aliphatic heterocycles. The molecule has 2 aliphatic rings. The fraction of sp³-hybridized carbons (Fsp3) is 0.875. The highest BCUT2D eigenvalue weighted by atomic mass is 35.5. The predicted octanol–water partition coefficient (Wildman–Crippen LogP) is 1.75. The van der Waals surface area contributed by atoms with E-state index < -0.39 is 5.54 Å². The van der Waals surface area contributed by atoms with E-state index in [2.05, 4.69) is 16.0 Å². The first-order valence-corrected chi connectivity index (χ1v) is 8.49. The van der Waals surface area contributed by atoms with Gasteiger partial charge in [-0.15, -0.1) is 12.4 Å². The van der Waals surface area contributed by atoms with Crippen LogP contribution in [0.4, 0.5) is 0 Å². The maximum atomic E-state index is 12.6. The lowest BCUT2D eigenvalue weighted by Gasteiger charge is -2.38. The number of rotatable bonds is 5. The lowest BCUT2D eigenvalue weighted by atomic mass is 9.80. The molecule has 2 fully saturated rings. The Kier molecular flexibility index (Phi) is 8.18. The van der Waals surface area contributed by atoms with E-state index in [1.54, 1.807) is 0 Å². The minimum Gasteiger partial charge on any atom is -0.354 e. The van der Waals surface area contributed by atoms with Gasteiger partial charge in [-0.1, -0.05) is 26.2 Å². The lowest BCUT2D eigenvalue weighted by molar-refractivity contribution is -0.137. The standard InChI is InChI=1S/C16H29N3O2.ClH/c1-2-10-18-15(21)16(8-4-3-5-9-16)19-14(20)13-7-6-11-17-12-13;/h13,17H,2-12H2,1H3,(H,18,21)(H,19,20);1H. The molecule has 0 aromatic carbocycles. The monoisotopic (exact) mass is 331 g/mol. The molecule has 5 nitrogen and oxygen atoms in total. The van der Waals surface area contributed by atoms with Crippen molar-refractivity contribution >= 4 is 24.2 Å². The zero-order valence-corrected chi connectivity index (χ0v) is 14.4. The maximum absolute atomic E-state index is 12.6. The molecule has 3 N–H and O–H groups in total. The van der Waals surface area contributed by atoms with Gasteiger partial charge in [0.25, 0.3) is 0 Å². The molecule has 128 valence electrons. The van der Waals surface area contributed by atoms with E-state index in [9.17, 15) is 9.59 Å². The van der Waals surface area contributed by atoms with Gasteiger partial charge in [-0.25, -0.2) is 0 Å². The van der Waals surface area contributed by atoms with Crippen molar-refractivity contribution in [3.05, 3.63) is 0 Å². The van der Waals surface area contributed by atoms with Crippen molar-refractivity contribution in [2.75, 3.05) is 19.6 Å². The molecule has 1 saturated carbocycles. The first-order chi connectivity index (χ1) is 10.2. The zero-order chi connectivity index (χ0) is 15.1. The van der Waals surface area contributed by atoms with E-state index in [0.717, 1.165) is 64.5 Å². The summed E-state index contributed by atoms with van der Waals surface area (Å²) in [4.78, 5) is 25.1. The fourth-order valence-electron chi connectivity index (χ4n) is 3.39. The van der Waals surface area contributed by atoms with Crippen LogP contribution in [0.3, 0.4) is 0 Å². The van der Waals surface area contributed by atoms with Gasteiger partial charge in [-0.05, 0) is 38.6 Å². The first kappa shape index (κ1) is 19.2. The van der Waals surface area contributed by atoms with Crippen LogP contribution in [0.5, 0.6) is 0 Å². The predicted molar refractivity (Wildman–Crippen MR) is 90.1 cm³/mol. The average Bonchev–Trinajstić information content (AvgIpc) is 2.54. The van der Waals surface area contributed by atoms with Crippen LogP contribution in [0, 0.1) is 5.92 Å². The zero-order valence-electron chi connectivity index (χ0n) is 13.6. The molecule has 2 amide bonds. The molecule has 1 saturated heterocycles. The van der Waals surface area contributed by atoms with E-state index >= 15 is 0 Å². The van der Waals surface area contributed by atoms with Gasteiger partial charge in [0.15, 0.2) is 0 Å². The van der Waals surface area contributed by atoms with Crippen LogP contribution in [0.25, 0.3) is 0 Å². The Bertz CT molecular complexity index is 364. The van der Waals surface area contributed by atoms with Crippen LogP contribution in [-0.4, -0.2) is 37.0 Å². The normalized spacial score (nSPS) is 24.0. The highest BCUT2D eigenvalue weighted by Crippen LogP contribution is 2.29. The fourth-order valence-corrected chi connectivity index (χ4v) is 3.39. The lowest BCUT2D eigenvalue weighted by Crippen LogP contribution is -2.61. The molecule has 22 heavy (non-hydrogen) atoms. The second kappa shape index (κ2) is 9.36. The SMILES string of the molecule is CCCNC(=O)C1(NC(=O)C2CCCNC2)CCCCC1.Cl. The summed E-state index contributed by atoms with van der Waals surface area (Å²) in [5.41, 5.74) is -0.665. The number of nitrogens with one attached hydrogen (secondary N) is 3. The third-order valence-electron chi connectivity index (χ3n) is 4.71. The van der Waals surface area contributed by atoms with Gasteiger partial charge in [0.05, 0.1) is 5.92 Å². The molecule has 6 heteroatoms. The number of piperidine rings is 1. The van der Waals surface area contributed by atoms with E-state index in [1.807, 2.05) is 6.92 Å². The topological polar surface area (TPSA) is 70.2 Å². The molecule has 0 radical (unpaired) electrons. The molecular formula is C16H30ClN3O2. The molecule has 0 aromatic rings. The smallest absolute Gasteiger partial charge is 0.245 e. The molecule has 0 aromatic heterocycles. The Morgan fingerprint density at radius 1 is 1.18 bits per heavy atom. The summed E-state index contributed by atoms with van der Waals surface area (Å²) in [5, 5.41) is 9.37. The van der Waals surface area contributed by atoms with Crippen LogP contribution < -0.4 is 16.0 Å². The molecule has 1 heterocycles. The minimum absolute atomic E-state index is 0. The molecule has 1 unspecified atom stereocenters. The van der Waals surface area contributed by atoms with Gasteiger partial charge >= 0.3 is 0 Å². The molecule has 1 aliphatic carbocycles. The summed E-state index contributed by atoms with van der Waals surface area (Å²) in [5.74, 6) is 0.0773. The molecular weight excluding hydrogens is 302 g/mol. The molecule has 1 atom stereocenters. The van der Waals surface area contributed by atoms with E-state index in [1.165, 1.54) is 0 Å². The molecule has 0 bridgehead atoms. The van der Waals surface area contributed by atoms with Crippen molar-refractivity contribution in [2.45, 2.75) is 63.8 Å². The van der Waals surface area contributed by atoms with Crippen molar-refractivity contribution in [1.29, 1.82) is 0 Å². The average molecular weight is 332 g/mol. The van der Waals surface area contributed by atoms with Crippen molar-refractivity contribution in [2.24, 2.45) is 5.92 Å². The van der Waals surface area contributed by atoms with Crippen molar-refractivity contribution < 1.29 is 9.59 Å². The number of hydrogen-bond acceptors (Lipinski definition) is 3. The Labute approximate surface area is 139 Å². The summed E-state index contributed by atoms with van der Waals surface area (Å²) in [6, 6.07) is 0. The number of amides is 2. The summed E-state index contributed by atoms with van der Waals surface area (Å²) < 4.78 is 0. The number of carbonyl (C=O) groups excluding carboxylic acids is 2. The van der Waals surface area contributed by atoms with Crippen molar-refractivity contribution in [3.63, 3.8) is 0 Å². The summed E-state index contributed by atoms with van der Waals surface area (Å²) in [6.07, 6.45) is 7.61. The molecule has 0 spiro atoms. The van der Waals surface area contributed by atoms with Gasteiger partial charge < -0.3 is 16.0 Å². The summed E-state index contributed by atoms with van der Waals surface area (Å²) in [7, 11) is 0. The summed E-state index contributed by atoms with van der Waals surface area (Å²) >= 11 is 0. The van der Waals surface area contributed by atoms with E-state index in [-0.39, 0.29) is 30.1 Å². The number of carbonyl (C=O) groups is 2. The molecule has 2 rings (SSSR count). The number of halogens is 1. The second-order valence-corrected chi connectivity index (χ2v) is 6.43. The van der Waals surface area contributed by atoms with Crippen LogP contribution >= 0.6 is 12.4 Å². The van der Waals surface area contributed by atoms with Crippen LogP contribution in [0.1, 0.15) is 58.3 Å². The van der Waals surface area contributed by atoms with Gasteiger partial charge in [-0.2, -0.15) is 0 Å². The Hall–Kier alpha value is -0.810. The van der Waals surface area contributed by atoms with E-state index in [4.69, 9.17) is 0 Å². The highest BCUT2D eigenvalue weighted by Gasteiger charge is 2.41. The van der Waals surface area contributed by atoms with Gasteiger partial charge in [0.2, 0.25) is 11.8 Å². The van der Waals surface area contributed by atoms with E-state index in [0.29, 0.717) is 6.54 Å². The third kappa shape index (κ3) is 4.85. The van der Waals surface area contributed by atoms with Crippen LogP contribution in [0.2, 0.25) is 0 Å². The Balaban J connectivity index is 0.00000242. The quantitative estimate of drug-likeness (QED) is 0.719. The second-order valence-electron chi connectivity index (χ2n) is 6.43. The van der Waals surface area contributed by atoms with Crippen molar-refractivity contribution in [3.8, 4) is 0 Å². The third-order valence-corrected chi connectivity index (χ3v) is 4.71. The van der Waals surface area contributed by atoms with Gasteiger partial charge in [0.1, 0.15) is 5.54 Å². The van der Waals surface area contributed by atoms with Crippen LogP contribution in [0.15, 0.2) is 0 Å². The maximum Gasteiger partial charge on any atom is 0.245 e. The van der Waals surface area contributed by atoms with Crippen molar-refractivity contribution in [1.82, 2.24) is 16.0 Å². The largest absolute Gasteiger partial charge is 0.354 e. The van der Waals surface area contributed by atoms with Gasteiger partial charge in [-0.3, -0.25) is 9.59 Å². The highest BCUT2D eigenvalue weighted by molar-refractivity contribution is 5.92. The number of hydrogen-bond donors (Lipinski definition) is 3.